The van der Waals surface area contributed by atoms with E-state index in [0.29, 0.717) is 6.54 Å². The molecular formula is C17H24BrN3O2. The lowest BCUT2D eigenvalue weighted by Gasteiger charge is -2.19. The molecule has 0 fully saturated rings. The summed E-state index contributed by atoms with van der Waals surface area (Å²) < 4.78 is 8.43. The Hall–Kier alpha value is -1.56. The van der Waals surface area contributed by atoms with E-state index >= 15 is 0 Å². The summed E-state index contributed by atoms with van der Waals surface area (Å²) in [5.41, 5.74) is 1.70. The lowest BCUT2D eigenvalue weighted by atomic mass is 10.2. The van der Waals surface area contributed by atoms with Crippen molar-refractivity contribution < 1.29 is 9.53 Å². The van der Waals surface area contributed by atoms with Gasteiger partial charge < -0.3 is 14.6 Å². The Kier molecular flexibility index (Phi) is 6.04. The van der Waals surface area contributed by atoms with Crippen LogP contribution in [0.4, 0.5) is 4.79 Å². The monoisotopic (exact) mass is 381 g/mol. The largest absolute Gasteiger partial charge is 0.444 e. The Balaban J connectivity index is 1.69. The van der Waals surface area contributed by atoms with Gasteiger partial charge in [-0.25, -0.2) is 9.78 Å². The first-order chi connectivity index (χ1) is 10.9. The number of rotatable bonds is 6. The van der Waals surface area contributed by atoms with E-state index in [0.717, 1.165) is 41.3 Å². The maximum Gasteiger partial charge on any atom is 0.407 e. The first kappa shape index (κ1) is 17.8. The lowest BCUT2D eigenvalue weighted by Crippen LogP contribution is -2.33. The number of hydrogen-bond donors (Lipinski definition) is 1. The van der Waals surface area contributed by atoms with Crippen LogP contribution in [0.15, 0.2) is 29.0 Å². The minimum Gasteiger partial charge on any atom is -0.444 e. The zero-order valence-corrected chi connectivity index (χ0v) is 15.5. The van der Waals surface area contributed by atoms with Crippen LogP contribution in [0.5, 0.6) is 0 Å². The second-order valence-corrected chi connectivity index (χ2v) is 7.39. The van der Waals surface area contributed by atoms with Crippen LogP contribution in [0.25, 0.3) is 11.0 Å². The average Bonchev–Trinajstić information content (AvgIpc) is 2.85. The number of benzene rings is 1. The number of fused-ring (bicyclic) bond motifs is 1. The number of imidazole rings is 1. The number of nitrogens with one attached hydrogen (secondary N) is 1. The highest BCUT2D eigenvalue weighted by molar-refractivity contribution is 9.10. The fourth-order valence-corrected chi connectivity index (χ4v) is 2.92. The quantitative estimate of drug-likeness (QED) is 0.749. The zero-order chi connectivity index (χ0) is 16.9. The van der Waals surface area contributed by atoms with Crippen molar-refractivity contribution in [3.05, 3.63) is 29.0 Å². The second-order valence-electron chi connectivity index (χ2n) is 6.53. The van der Waals surface area contributed by atoms with E-state index in [1.54, 1.807) is 0 Å². The molecule has 1 N–H and O–H groups in total. The van der Waals surface area contributed by atoms with Crippen molar-refractivity contribution in [3.63, 3.8) is 0 Å². The maximum absolute atomic E-state index is 11.5. The Bertz CT molecular complexity index is 661. The highest BCUT2D eigenvalue weighted by atomic mass is 79.9. The van der Waals surface area contributed by atoms with Gasteiger partial charge in [-0.3, -0.25) is 0 Å². The molecule has 0 unspecified atom stereocenters. The average molecular weight is 382 g/mol. The van der Waals surface area contributed by atoms with Crippen LogP contribution in [0.1, 0.15) is 40.0 Å². The molecule has 0 aliphatic heterocycles. The van der Waals surface area contributed by atoms with Crippen molar-refractivity contribution in [2.45, 2.75) is 52.2 Å². The van der Waals surface area contributed by atoms with Gasteiger partial charge in [-0.15, -0.1) is 0 Å². The molecule has 1 amide bonds. The number of nitrogens with zero attached hydrogens (tertiary/aromatic N) is 2. The Morgan fingerprint density at radius 3 is 2.83 bits per heavy atom. The third kappa shape index (κ3) is 5.53. The lowest BCUT2D eigenvalue weighted by molar-refractivity contribution is 0.0527. The van der Waals surface area contributed by atoms with Gasteiger partial charge in [-0.1, -0.05) is 6.07 Å². The van der Waals surface area contributed by atoms with Crippen molar-refractivity contribution >= 4 is 33.1 Å². The van der Waals surface area contributed by atoms with Gasteiger partial charge in [-0.2, -0.15) is 0 Å². The first-order valence-electron chi connectivity index (χ1n) is 7.93. The minimum absolute atomic E-state index is 0.345. The summed E-state index contributed by atoms with van der Waals surface area (Å²) >= 11 is 3.58. The number of ether oxygens (including phenoxy) is 1. The van der Waals surface area contributed by atoms with Crippen molar-refractivity contribution in [1.29, 1.82) is 0 Å². The van der Waals surface area contributed by atoms with Gasteiger partial charge in [-0.05, 0) is 68.1 Å². The summed E-state index contributed by atoms with van der Waals surface area (Å²) in [5, 5.41) is 2.78. The number of hydrogen-bond acceptors (Lipinski definition) is 3. The molecule has 0 bridgehead atoms. The van der Waals surface area contributed by atoms with Gasteiger partial charge in [0.25, 0.3) is 0 Å². The van der Waals surface area contributed by atoms with Crippen LogP contribution in [-0.2, 0) is 11.3 Å². The molecule has 2 aromatic rings. The molecule has 2 rings (SSSR count). The van der Waals surface area contributed by atoms with E-state index in [4.69, 9.17) is 4.74 Å². The van der Waals surface area contributed by atoms with Gasteiger partial charge >= 0.3 is 6.09 Å². The van der Waals surface area contributed by atoms with E-state index in [1.165, 1.54) is 0 Å². The molecule has 126 valence electrons. The van der Waals surface area contributed by atoms with Crippen LogP contribution in [0.2, 0.25) is 0 Å². The summed E-state index contributed by atoms with van der Waals surface area (Å²) in [4.78, 5) is 15.9. The van der Waals surface area contributed by atoms with Gasteiger partial charge in [0.15, 0.2) is 0 Å². The van der Waals surface area contributed by atoms with E-state index in [2.05, 4.69) is 30.8 Å². The van der Waals surface area contributed by atoms with Crippen LogP contribution >= 0.6 is 15.9 Å². The number of amides is 1. The normalized spacial score (nSPS) is 11.7. The van der Waals surface area contributed by atoms with Gasteiger partial charge in [0.2, 0.25) is 0 Å². The minimum atomic E-state index is -0.444. The molecule has 0 radical (unpaired) electrons. The molecule has 0 aliphatic rings. The van der Waals surface area contributed by atoms with Crippen molar-refractivity contribution in [3.8, 4) is 0 Å². The molecule has 0 aliphatic carbocycles. The fraction of sp³-hybridized carbons (Fsp3) is 0.529. The third-order valence-electron chi connectivity index (χ3n) is 3.33. The van der Waals surface area contributed by atoms with Crippen LogP contribution in [0.3, 0.4) is 0 Å². The Morgan fingerprint density at radius 2 is 2.09 bits per heavy atom. The van der Waals surface area contributed by atoms with Crippen molar-refractivity contribution in [1.82, 2.24) is 14.9 Å². The number of halogens is 1. The Labute approximate surface area is 145 Å². The maximum atomic E-state index is 11.5. The summed E-state index contributed by atoms with van der Waals surface area (Å²) in [7, 11) is 0. The molecule has 1 aromatic heterocycles. The Morgan fingerprint density at radius 1 is 1.30 bits per heavy atom. The summed E-state index contributed by atoms with van der Waals surface area (Å²) in [6.07, 6.45) is 4.56. The third-order valence-corrected chi connectivity index (χ3v) is 3.97. The van der Waals surface area contributed by atoms with Gasteiger partial charge in [0, 0.05) is 17.6 Å². The van der Waals surface area contributed by atoms with Gasteiger partial charge in [0.1, 0.15) is 5.60 Å². The second kappa shape index (κ2) is 7.81. The number of alkyl carbamates (subject to hydrolysis) is 1. The number of aryl methyl sites for hydroxylation is 1. The predicted molar refractivity (Wildman–Crippen MR) is 95.5 cm³/mol. The predicted octanol–water partition coefficient (Wildman–Crippen LogP) is 4.49. The number of carbonyl (C=O) groups excluding carboxylic acids is 1. The van der Waals surface area contributed by atoms with Gasteiger partial charge in [0.05, 0.1) is 17.4 Å². The standard InChI is InChI=1S/C17H24BrN3O2/c1-17(2,3)23-16(22)19-10-5-4-6-11-21-12-20-14-9-7-8-13(18)15(14)21/h7-9,12H,4-6,10-11H2,1-3H3,(H,19,22). The number of carbonyl (C=O) groups is 1. The van der Waals surface area contributed by atoms with E-state index in [-0.39, 0.29) is 6.09 Å². The summed E-state index contributed by atoms with van der Waals surface area (Å²) in [6.45, 7) is 7.15. The summed E-state index contributed by atoms with van der Waals surface area (Å²) in [6, 6.07) is 6.04. The highest BCUT2D eigenvalue weighted by Crippen LogP contribution is 2.23. The smallest absolute Gasteiger partial charge is 0.407 e. The molecule has 0 atom stereocenters. The molecule has 6 heteroatoms. The summed E-state index contributed by atoms with van der Waals surface area (Å²) in [5.74, 6) is 0. The molecule has 0 saturated heterocycles. The zero-order valence-electron chi connectivity index (χ0n) is 13.9. The van der Waals surface area contributed by atoms with E-state index < -0.39 is 5.60 Å². The number of para-hydroxylation sites is 1. The van der Waals surface area contributed by atoms with Crippen molar-refractivity contribution in [2.75, 3.05) is 6.54 Å². The molecule has 23 heavy (non-hydrogen) atoms. The van der Waals surface area contributed by atoms with E-state index in [1.807, 2.05) is 45.3 Å². The molecule has 0 spiro atoms. The molecule has 0 saturated carbocycles. The number of aromatic nitrogens is 2. The molecule has 1 heterocycles. The molecule has 1 aromatic carbocycles. The topological polar surface area (TPSA) is 56.1 Å². The van der Waals surface area contributed by atoms with Crippen LogP contribution in [0, 0.1) is 0 Å². The highest BCUT2D eigenvalue weighted by Gasteiger charge is 2.15. The molecular weight excluding hydrogens is 358 g/mol. The first-order valence-corrected chi connectivity index (χ1v) is 8.72. The number of unbranched alkanes of at least 4 members (excludes halogenated alkanes) is 2. The van der Waals surface area contributed by atoms with E-state index in [9.17, 15) is 4.79 Å². The molecule has 5 nitrogen and oxygen atoms in total. The van der Waals surface area contributed by atoms with Crippen LogP contribution < -0.4 is 5.32 Å². The van der Waals surface area contributed by atoms with Crippen molar-refractivity contribution in [2.24, 2.45) is 0 Å². The fourth-order valence-electron chi connectivity index (χ4n) is 2.34. The van der Waals surface area contributed by atoms with Crippen LogP contribution in [-0.4, -0.2) is 27.8 Å². The SMILES string of the molecule is CC(C)(C)OC(=O)NCCCCCn1cnc2cccc(Br)c21.